The molecule has 19 nitrogen and oxygen atoms in total. The number of halogens is 31. The number of nitrogens with zero attached hydrogens (tertiary/aromatic N) is 1. The Morgan fingerprint density at radius 2 is 0.707 bits per heavy atom. The van der Waals surface area contributed by atoms with E-state index in [1.54, 1.807) is 67.5 Å². The van der Waals surface area contributed by atoms with Crippen LogP contribution in [-0.4, -0.2) is 221 Å². The van der Waals surface area contributed by atoms with Gasteiger partial charge in [-0.25, -0.2) is 13.7 Å². The molecule has 4 aliphatic rings. The van der Waals surface area contributed by atoms with Crippen LogP contribution < -0.4 is 0 Å². The monoisotopic (exact) mass is 2260 g/mol. The van der Waals surface area contributed by atoms with E-state index in [1.807, 2.05) is 41.5 Å². The van der Waals surface area contributed by atoms with Gasteiger partial charge < -0.3 is 65.3 Å². The van der Waals surface area contributed by atoms with Gasteiger partial charge in [0.1, 0.15) is 18.8 Å². The molecule has 0 spiro atoms. The van der Waals surface area contributed by atoms with Crippen LogP contribution in [0.15, 0.2) is 42.5 Å². The third-order valence-electron chi connectivity index (χ3n) is 26.8. The van der Waals surface area contributed by atoms with Gasteiger partial charge in [0, 0.05) is 11.8 Å². The largest absolute Gasteiger partial charge is 0.462 e. The highest BCUT2D eigenvalue weighted by molar-refractivity contribution is 6.05. The van der Waals surface area contributed by atoms with Crippen molar-refractivity contribution in [3.63, 3.8) is 0 Å². The van der Waals surface area contributed by atoms with Gasteiger partial charge in [-0.15, -0.1) is 0 Å². The molecule has 150 heavy (non-hydrogen) atoms. The van der Waals surface area contributed by atoms with Gasteiger partial charge in [0.15, 0.2) is 44.8 Å². The topological polar surface area (TPSA) is 319 Å². The van der Waals surface area contributed by atoms with Crippen molar-refractivity contribution < 1.29 is 225 Å². The number of amides is 2. The molecule has 0 radical (unpaired) electrons. The van der Waals surface area contributed by atoms with Crippen LogP contribution in [-0.2, 0) is 55.0 Å². The van der Waals surface area contributed by atoms with E-state index >= 15 is 0 Å². The van der Waals surface area contributed by atoms with Gasteiger partial charge in [0.05, 0.1) is 38.2 Å². The van der Waals surface area contributed by atoms with E-state index in [0.717, 1.165) is 64.7 Å². The lowest BCUT2D eigenvalue weighted by atomic mass is 9.62. The molecule has 2 saturated carbocycles. The van der Waals surface area contributed by atoms with E-state index in [2.05, 4.69) is 4.74 Å². The number of hydrogen-bond donors (Lipinski definition) is 10. The smallest absolute Gasteiger partial charge is 0.436 e. The van der Waals surface area contributed by atoms with Crippen molar-refractivity contribution in [3.05, 3.63) is 70.3 Å². The van der Waals surface area contributed by atoms with Crippen LogP contribution in [0.2, 0.25) is 0 Å². The molecule has 21 atom stereocenters. The molecular formula is C100H164F31NO18. The number of aliphatic hydroxyl groups is 10. The quantitative estimate of drug-likeness (QED) is 0.0202. The van der Waals surface area contributed by atoms with Crippen LogP contribution >= 0.6 is 0 Å². The number of benzene rings is 2. The number of cyclic esters (lactones) is 1. The van der Waals surface area contributed by atoms with Crippen molar-refractivity contribution in [3.8, 4) is 0 Å². The maximum atomic E-state index is 13.2. The summed E-state index contributed by atoms with van der Waals surface area (Å²) in [6, 6.07) is 8.57. The minimum atomic E-state index is -5.08. The number of hydrogen-bond acceptors (Lipinski definition) is 18. The standard InChI is InChI=1S/C16H26F6O2.C16H20F6O2.C14H23F3O3.C13H17F3O.C9H12F3NO3.C9H14O4.C8H15F3O.C5H9F3O.C4H10O.C2H5F.CH2F2.CH3F.2CH4/c2*1-5-9(2)10-6-11(13(3,23)15(17,18)19)8-12(7-10)14(4,24)16(20,21)22;1-4-9(2)12(18)20-11-7-5-10(6-8-11)13(3,19)14(15,16)17;1-4-9(2)10-5-7-11(8-6-10)12(3,17)13(14,15)16;1-4-5(2)7(15)13(6(4)14)8(3,16)9(10,11)12;1-3-6(2)9(11)13-7-4-8(10)12-5-7;1-4-6(2)5-7(3,12)8(9,10)11;1-3-4(2,9)5(6,7)8;1-3-4(2)5;1-2-3;2-1-3;1-2;;/h9-12,23-24H,5-8H2,1-4H3;6-9,23-24H,5H2,1-4H3;9-11,19H,4-8H2,1-3H3;5-9,17H,4H2,1-3H3;4-5,16H,1-3H3;6-7H,3-5H2,1-2H3;6,12H,4-5H2,1-3H3;9H,3H2,1-2H3;4-5H,3H2,1-2H3;2H2,1H3;1H2;1H3;2*1H4. The van der Waals surface area contributed by atoms with Crippen LogP contribution in [0.4, 0.5) is 136 Å². The fraction of sp³-hybridized carbons (Fsp3) is 0.830. The lowest BCUT2D eigenvalue weighted by Gasteiger charge is -2.48. The van der Waals surface area contributed by atoms with Crippen LogP contribution in [0.3, 0.4) is 0 Å². The van der Waals surface area contributed by atoms with Gasteiger partial charge in [-0.1, -0.05) is 175 Å². The second-order valence-electron chi connectivity index (χ2n) is 38.8. The number of carbonyl (C=O) groups is 5. The van der Waals surface area contributed by atoms with Crippen LogP contribution in [0, 0.1) is 59.2 Å². The Bertz CT molecular complexity index is 3970. The maximum absolute atomic E-state index is 13.2. The van der Waals surface area contributed by atoms with E-state index in [-0.39, 0.29) is 155 Å². The Labute approximate surface area is 861 Å². The second kappa shape index (κ2) is 64.9. The molecule has 21 unspecified atom stereocenters. The first-order chi connectivity index (χ1) is 66.2. The summed E-state index contributed by atoms with van der Waals surface area (Å²) in [5.41, 5.74) is -27.3. The maximum Gasteiger partial charge on any atom is 0.436 e. The Balaban J connectivity index is -0.000000254. The zero-order valence-electron chi connectivity index (χ0n) is 88.7. The lowest BCUT2D eigenvalue weighted by Crippen LogP contribution is -2.59. The molecule has 0 aromatic heterocycles. The first-order valence-corrected chi connectivity index (χ1v) is 47.7. The number of likely N-dealkylation sites (tertiary alicyclic amines) is 1. The summed E-state index contributed by atoms with van der Waals surface area (Å²) in [7, 11) is 0.500. The summed E-state index contributed by atoms with van der Waals surface area (Å²) < 4.78 is 396. The highest BCUT2D eigenvalue weighted by Crippen LogP contribution is 2.54. The minimum Gasteiger partial charge on any atom is -0.462 e. The summed E-state index contributed by atoms with van der Waals surface area (Å²) in [5, 5.41) is 93.8. The van der Waals surface area contributed by atoms with Crippen LogP contribution in [0.5, 0.6) is 0 Å². The molecule has 894 valence electrons. The molecule has 2 aromatic carbocycles. The van der Waals surface area contributed by atoms with Gasteiger partial charge in [-0.05, 0) is 247 Å². The molecule has 10 N–H and O–H groups in total. The van der Waals surface area contributed by atoms with Gasteiger partial charge in [0.2, 0.25) is 24.5 Å². The Kier molecular flexibility index (Phi) is 68.7. The van der Waals surface area contributed by atoms with Gasteiger partial charge in [-0.3, -0.25) is 32.8 Å². The number of alkyl halides is 31. The van der Waals surface area contributed by atoms with E-state index < -0.39 is 178 Å². The summed E-state index contributed by atoms with van der Waals surface area (Å²) in [6.45, 7) is 34.9. The third kappa shape index (κ3) is 48.6. The predicted octanol–water partition coefficient (Wildman–Crippen LogP) is 27.6. The molecule has 2 aliphatic heterocycles. The molecule has 2 aromatic rings. The summed E-state index contributed by atoms with van der Waals surface area (Å²) >= 11 is 0. The number of esters is 3. The van der Waals surface area contributed by atoms with Crippen molar-refractivity contribution in [1.82, 2.24) is 4.90 Å². The molecule has 0 bridgehead atoms. The summed E-state index contributed by atoms with van der Waals surface area (Å²) in [6.07, 6.45) is -39.0. The Morgan fingerprint density at radius 3 is 0.953 bits per heavy atom. The average molecular weight is 2260 g/mol. The number of rotatable bonds is 24. The average Bonchev–Trinajstić information content (AvgIpc) is 1.42. The van der Waals surface area contributed by atoms with E-state index in [0.29, 0.717) is 92.3 Å². The fourth-order valence-electron chi connectivity index (χ4n) is 13.2. The molecule has 6 rings (SSSR count). The highest BCUT2D eigenvalue weighted by atomic mass is 19.4. The Hall–Kier alpha value is -6.58. The van der Waals surface area contributed by atoms with Crippen molar-refractivity contribution in [2.24, 2.45) is 59.2 Å². The highest BCUT2D eigenvalue weighted by Gasteiger charge is 2.65. The normalized spacial score (nSPS) is 23.1. The number of imide groups is 1. The molecule has 2 heterocycles. The Morgan fingerprint density at radius 1 is 0.400 bits per heavy atom. The van der Waals surface area contributed by atoms with Crippen molar-refractivity contribution in [1.29, 1.82) is 0 Å². The predicted molar refractivity (Wildman–Crippen MR) is 503 cm³/mol. The van der Waals surface area contributed by atoms with Crippen molar-refractivity contribution in [2.45, 2.75) is 447 Å². The van der Waals surface area contributed by atoms with Gasteiger partial charge in [-0.2, -0.15) is 119 Å². The molecule has 2 aliphatic carbocycles. The van der Waals surface area contributed by atoms with E-state index in [4.69, 9.17) is 24.8 Å². The molecule has 4 fully saturated rings. The SMILES string of the molecule is C.C.CC1C(=O)N(C(C)(O)C(F)(F)F)C(=O)C1C.CCC(C)(O)C(F)(F)F.CCC(C)C(=O)OC1CCC(C(C)(O)C(F)(F)F)CC1.CCC(C)C(=O)OC1COC(=O)C1.CCC(C)C1CC(C(C)(O)C(F)(F)F)CC(C(C)(O)C(F)(F)F)C1.CCC(C)CC(C)(O)C(F)(F)F.CCC(C)O.CCC(C)c1cc(C(C)(O)C(F)(F)F)cc(C(C)(O)C(F)(F)F)c1.CCC(C)c1ccc(C(C)(O)C(F)(F)F)cc1.CCF.CF.FCF. The number of carbonyl (C=O) groups excluding carboxylic acids is 5. The molecular weight excluding hydrogens is 2090 g/mol. The molecule has 50 heteroatoms. The van der Waals surface area contributed by atoms with Gasteiger partial charge in [0.25, 0.3) is 0 Å². The van der Waals surface area contributed by atoms with Crippen LogP contribution in [0.1, 0.15) is 351 Å². The zero-order chi connectivity index (χ0) is 119. The van der Waals surface area contributed by atoms with Gasteiger partial charge >= 0.3 is 73.5 Å². The number of ether oxygens (including phenoxy) is 3. The molecule has 2 amide bonds. The summed E-state index contributed by atoms with van der Waals surface area (Å²) in [4.78, 5) is 56.4. The van der Waals surface area contributed by atoms with E-state index in [9.17, 15) is 196 Å². The number of aliphatic hydroxyl groups excluding tert-OH is 1. The second-order valence-corrected chi connectivity index (χ2v) is 38.8. The first kappa shape index (κ1) is 159. The summed E-state index contributed by atoms with van der Waals surface area (Å²) in [5.74, 6) is -9.08. The lowest BCUT2D eigenvalue weighted by molar-refractivity contribution is -0.298. The fourth-order valence-corrected chi connectivity index (χ4v) is 13.2. The zero-order valence-corrected chi connectivity index (χ0v) is 88.7. The first-order valence-electron chi connectivity index (χ1n) is 47.7. The van der Waals surface area contributed by atoms with Crippen LogP contribution in [0.25, 0.3) is 0 Å². The van der Waals surface area contributed by atoms with Crippen molar-refractivity contribution in [2.75, 3.05) is 27.4 Å². The van der Waals surface area contributed by atoms with Crippen molar-refractivity contribution >= 4 is 29.7 Å². The molecule has 2 saturated heterocycles. The van der Waals surface area contributed by atoms with E-state index in [1.165, 1.54) is 39.8 Å². The third-order valence-corrected chi connectivity index (χ3v) is 26.8. The minimum absolute atomic E-state index is 0.